The van der Waals surface area contributed by atoms with Crippen molar-refractivity contribution in [3.05, 3.63) is 100 Å². The molecule has 0 aliphatic carbocycles. The van der Waals surface area contributed by atoms with E-state index in [1.807, 2.05) is 55.5 Å². The molecule has 204 valence electrons. The van der Waals surface area contributed by atoms with Crippen LogP contribution in [0.1, 0.15) is 42.0 Å². The maximum absolute atomic E-state index is 13.4. The van der Waals surface area contributed by atoms with Gasteiger partial charge >= 0.3 is 12.1 Å². The number of hydrogen-bond acceptors (Lipinski definition) is 4. The Kier molecular flexibility index (Phi) is 10.6. The summed E-state index contributed by atoms with van der Waals surface area (Å²) in [4.78, 5) is 13.7. The van der Waals surface area contributed by atoms with Crippen LogP contribution in [0, 0.1) is 5.92 Å². The molecule has 0 radical (unpaired) electrons. The molecule has 2 unspecified atom stereocenters. The molecule has 0 amide bonds. The molecular weight excluding hydrogens is 515 g/mol. The fraction of sp³-hybridized carbons (Fsp3) is 0.367. The fourth-order valence-corrected chi connectivity index (χ4v) is 4.65. The van der Waals surface area contributed by atoms with E-state index < -0.39 is 11.7 Å². The van der Waals surface area contributed by atoms with Crippen LogP contribution in [0.2, 0.25) is 5.02 Å². The van der Waals surface area contributed by atoms with Crippen LogP contribution in [0.15, 0.2) is 72.8 Å². The van der Waals surface area contributed by atoms with E-state index in [4.69, 9.17) is 21.1 Å². The predicted octanol–water partition coefficient (Wildman–Crippen LogP) is 7.40. The second-order valence-electron chi connectivity index (χ2n) is 9.60. The average Bonchev–Trinajstić information content (AvgIpc) is 2.88. The molecule has 0 N–H and O–H groups in total. The smallest absolute Gasteiger partial charge is 0.417 e. The molecule has 0 saturated heterocycles. The van der Waals surface area contributed by atoms with E-state index >= 15 is 0 Å². The van der Waals surface area contributed by atoms with Gasteiger partial charge in [-0.2, -0.15) is 13.2 Å². The van der Waals surface area contributed by atoms with E-state index in [0.717, 1.165) is 17.2 Å². The topological polar surface area (TPSA) is 38.8 Å². The van der Waals surface area contributed by atoms with Gasteiger partial charge < -0.3 is 9.47 Å². The molecule has 0 heterocycles. The van der Waals surface area contributed by atoms with Crippen molar-refractivity contribution in [3.63, 3.8) is 0 Å². The Balaban J connectivity index is 1.72. The lowest BCUT2D eigenvalue weighted by molar-refractivity contribution is -0.140. The summed E-state index contributed by atoms with van der Waals surface area (Å²) in [5, 5.41) is -0.260. The molecule has 3 rings (SSSR count). The first-order chi connectivity index (χ1) is 18.1. The zero-order chi connectivity index (χ0) is 27.7. The van der Waals surface area contributed by atoms with Gasteiger partial charge in [-0.25, -0.2) is 0 Å². The lowest BCUT2D eigenvalue weighted by Crippen LogP contribution is -2.33. The van der Waals surface area contributed by atoms with Crippen LogP contribution >= 0.6 is 11.6 Å². The Labute approximate surface area is 227 Å². The minimum atomic E-state index is -4.52. The number of methoxy groups -OCH3 is 1. The molecule has 3 aromatic carbocycles. The Morgan fingerprint density at radius 1 is 0.974 bits per heavy atom. The first-order valence-electron chi connectivity index (χ1n) is 12.5. The van der Waals surface area contributed by atoms with E-state index in [1.165, 1.54) is 13.2 Å². The highest BCUT2D eigenvalue weighted by Gasteiger charge is 2.34. The van der Waals surface area contributed by atoms with Crippen molar-refractivity contribution in [2.24, 2.45) is 5.92 Å². The summed E-state index contributed by atoms with van der Waals surface area (Å²) in [5.74, 6) is 0.533. The number of rotatable bonds is 12. The van der Waals surface area contributed by atoms with Crippen molar-refractivity contribution in [3.8, 4) is 5.75 Å². The van der Waals surface area contributed by atoms with E-state index in [0.29, 0.717) is 31.0 Å². The van der Waals surface area contributed by atoms with Crippen molar-refractivity contribution in [1.29, 1.82) is 0 Å². The van der Waals surface area contributed by atoms with E-state index in [1.54, 1.807) is 12.1 Å². The molecule has 0 aromatic heterocycles. The minimum absolute atomic E-state index is 0.0619. The molecule has 8 heteroatoms. The summed E-state index contributed by atoms with van der Waals surface area (Å²) in [5.41, 5.74) is 1.56. The lowest BCUT2D eigenvalue weighted by Gasteiger charge is -2.29. The van der Waals surface area contributed by atoms with Gasteiger partial charge in [-0.05, 0) is 40.8 Å². The van der Waals surface area contributed by atoms with E-state index in [9.17, 15) is 18.0 Å². The minimum Gasteiger partial charge on any atom is -0.493 e. The zero-order valence-electron chi connectivity index (χ0n) is 21.8. The second kappa shape index (κ2) is 13.7. The summed E-state index contributed by atoms with van der Waals surface area (Å²) in [6.45, 7) is 6.03. The van der Waals surface area contributed by atoms with Gasteiger partial charge in [0.15, 0.2) is 0 Å². The van der Waals surface area contributed by atoms with Crippen molar-refractivity contribution < 1.29 is 27.4 Å². The number of ether oxygens (including phenoxy) is 2. The molecule has 38 heavy (non-hydrogen) atoms. The Morgan fingerprint density at radius 3 is 2.37 bits per heavy atom. The number of hydrogen-bond donors (Lipinski definition) is 0. The van der Waals surface area contributed by atoms with Gasteiger partial charge in [0, 0.05) is 25.6 Å². The summed E-state index contributed by atoms with van der Waals surface area (Å²) in [7, 11) is 1.35. The Hall–Kier alpha value is -3.03. The van der Waals surface area contributed by atoms with Gasteiger partial charge in [-0.1, -0.05) is 80.0 Å². The van der Waals surface area contributed by atoms with Crippen LogP contribution in [0.25, 0.3) is 0 Å². The third kappa shape index (κ3) is 8.77. The highest BCUT2D eigenvalue weighted by molar-refractivity contribution is 6.32. The van der Waals surface area contributed by atoms with E-state index in [-0.39, 0.29) is 35.8 Å². The SMILES string of the molecule is COC(=O)Cc1cccc(OCC(C)CN(Cc2cccc(C(F)(F)F)c2Cl)CC(C)c2ccccc2)c1. The predicted molar refractivity (Wildman–Crippen MR) is 143 cm³/mol. The number of esters is 1. The molecule has 0 bridgehead atoms. The van der Waals surface area contributed by atoms with Crippen LogP contribution in [-0.4, -0.2) is 37.7 Å². The molecule has 2 atom stereocenters. The molecule has 0 saturated carbocycles. The number of nitrogens with zero attached hydrogens (tertiary/aromatic N) is 1. The highest BCUT2D eigenvalue weighted by Crippen LogP contribution is 2.36. The van der Waals surface area contributed by atoms with Gasteiger partial charge in [0.05, 0.1) is 30.7 Å². The molecule has 0 aliphatic heterocycles. The number of alkyl halides is 3. The molecule has 4 nitrogen and oxygen atoms in total. The van der Waals surface area contributed by atoms with Crippen molar-refractivity contribution in [2.45, 2.75) is 38.9 Å². The number of halogens is 4. The van der Waals surface area contributed by atoms with Crippen molar-refractivity contribution in [1.82, 2.24) is 4.90 Å². The average molecular weight is 548 g/mol. The monoisotopic (exact) mass is 547 g/mol. The van der Waals surface area contributed by atoms with Gasteiger partial charge in [-0.3, -0.25) is 9.69 Å². The van der Waals surface area contributed by atoms with Crippen LogP contribution < -0.4 is 4.74 Å². The van der Waals surface area contributed by atoms with Crippen molar-refractivity contribution >= 4 is 17.6 Å². The van der Waals surface area contributed by atoms with E-state index in [2.05, 4.69) is 11.8 Å². The van der Waals surface area contributed by atoms with Gasteiger partial charge in [0.1, 0.15) is 5.75 Å². The molecule has 3 aromatic rings. The summed E-state index contributed by atoms with van der Waals surface area (Å²) in [6.07, 6.45) is -4.36. The van der Waals surface area contributed by atoms with Crippen LogP contribution in [0.5, 0.6) is 5.75 Å². The van der Waals surface area contributed by atoms with Crippen LogP contribution in [-0.2, 0) is 28.7 Å². The quantitative estimate of drug-likeness (QED) is 0.222. The number of carbonyl (C=O) groups is 1. The van der Waals surface area contributed by atoms with Crippen LogP contribution in [0.3, 0.4) is 0 Å². The molecule has 0 aliphatic rings. The lowest BCUT2D eigenvalue weighted by atomic mass is 9.99. The van der Waals surface area contributed by atoms with Crippen molar-refractivity contribution in [2.75, 3.05) is 26.8 Å². The first kappa shape index (κ1) is 29.5. The van der Waals surface area contributed by atoms with Crippen LogP contribution in [0.4, 0.5) is 13.2 Å². The Bertz CT molecular complexity index is 1190. The fourth-order valence-electron chi connectivity index (χ4n) is 4.36. The maximum Gasteiger partial charge on any atom is 0.417 e. The molecule has 0 spiro atoms. The largest absolute Gasteiger partial charge is 0.493 e. The maximum atomic E-state index is 13.4. The third-order valence-corrected chi connectivity index (χ3v) is 6.70. The first-order valence-corrected chi connectivity index (χ1v) is 12.8. The molecule has 0 fully saturated rings. The summed E-state index contributed by atoms with van der Waals surface area (Å²) in [6, 6.07) is 21.3. The number of benzene rings is 3. The highest BCUT2D eigenvalue weighted by atomic mass is 35.5. The van der Waals surface area contributed by atoms with Gasteiger partial charge in [-0.15, -0.1) is 0 Å². The van der Waals surface area contributed by atoms with Gasteiger partial charge in [0.25, 0.3) is 0 Å². The third-order valence-electron chi connectivity index (χ3n) is 6.26. The molecular formula is C30H33ClF3NO3. The standard InChI is InChI=1S/C30H33ClF3NO3/c1-21(20-38-26-13-7-9-23(15-26)16-28(36)37-3)17-35(18-22(2)24-10-5-4-6-11-24)19-25-12-8-14-27(29(25)31)30(32,33)34/h4-15,21-22H,16-20H2,1-3H3. The van der Waals surface area contributed by atoms with Gasteiger partial charge in [0.2, 0.25) is 0 Å². The summed E-state index contributed by atoms with van der Waals surface area (Å²) >= 11 is 6.23. The zero-order valence-corrected chi connectivity index (χ0v) is 22.6. The Morgan fingerprint density at radius 2 is 1.68 bits per heavy atom. The summed E-state index contributed by atoms with van der Waals surface area (Å²) < 4.78 is 51.1. The number of carbonyl (C=O) groups excluding carboxylic acids is 1. The normalized spacial score (nSPS) is 13.3. The second-order valence-corrected chi connectivity index (χ2v) is 9.98.